The summed E-state index contributed by atoms with van der Waals surface area (Å²) < 4.78 is 5.96. The Hall–Kier alpha value is -1.27. The van der Waals surface area contributed by atoms with Crippen LogP contribution in [-0.4, -0.2) is 25.9 Å². The zero-order valence-corrected chi connectivity index (χ0v) is 12.6. The Kier molecular flexibility index (Phi) is 5.04. The van der Waals surface area contributed by atoms with Crippen LogP contribution in [0.25, 0.3) is 0 Å². The van der Waals surface area contributed by atoms with Gasteiger partial charge in [-0.2, -0.15) is 5.10 Å². The molecular formula is C13H21N5S. The quantitative estimate of drug-likeness (QED) is 0.845. The van der Waals surface area contributed by atoms with Gasteiger partial charge in [0.15, 0.2) is 0 Å². The first-order chi connectivity index (χ1) is 9.26. The SMILES string of the molecule is CCCNC(c1ccn(C)n1)c1snnc1CCC. The van der Waals surface area contributed by atoms with Crippen molar-refractivity contribution in [2.24, 2.45) is 7.05 Å². The summed E-state index contributed by atoms with van der Waals surface area (Å²) in [6.07, 6.45) is 5.13. The minimum absolute atomic E-state index is 0.114. The van der Waals surface area contributed by atoms with Crippen molar-refractivity contribution >= 4 is 11.5 Å². The van der Waals surface area contributed by atoms with E-state index in [4.69, 9.17) is 0 Å². The van der Waals surface area contributed by atoms with Gasteiger partial charge in [0.2, 0.25) is 0 Å². The zero-order valence-electron chi connectivity index (χ0n) is 11.8. The average Bonchev–Trinajstić information content (AvgIpc) is 3.01. The normalized spacial score (nSPS) is 12.8. The first-order valence-corrected chi connectivity index (χ1v) is 7.57. The second kappa shape index (κ2) is 6.77. The number of hydrogen-bond acceptors (Lipinski definition) is 5. The van der Waals surface area contributed by atoms with Crippen LogP contribution in [0.15, 0.2) is 12.3 Å². The Labute approximate surface area is 118 Å². The topological polar surface area (TPSA) is 55.6 Å². The summed E-state index contributed by atoms with van der Waals surface area (Å²) in [4.78, 5) is 1.20. The summed E-state index contributed by atoms with van der Waals surface area (Å²) in [5.74, 6) is 0. The van der Waals surface area contributed by atoms with E-state index in [9.17, 15) is 0 Å². The molecular weight excluding hydrogens is 258 g/mol. The minimum atomic E-state index is 0.114. The molecule has 5 nitrogen and oxygen atoms in total. The molecule has 1 atom stereocenters. The molecule has 0 aliphatic rings. The first kappa shape index (κ1) is 14.1. The number of aryl methyl sites for hydroxylation is 2. The molecule has 0 fully saturated rings. The van der Waals surface area contributed by atoms with Crippen molar-refractivity contribution in [2.45, 2.75) is 39.2 Å². The van der Waals surface area contributed by atoms with Gasteiger partial charge < -0.3 is 5.32 Å². The number of hydrogen-bond donors (Lipinski definition) is 1. The maximum absolute atomic E-state index is 4.53. The van der Waals surface area contributed by atoms with Crippen molar-refractivity contribution in [3.05, 3.63) is 28.5 Å². The predicted molar refractivity (Wildman–Crippen MR) is 77.2 cm³/mol. The highest BCUT2D eigenvalue weighted by Crippen LogP contribution is 2.26. The van der Waals surface area contributed by atoms with Crippen LogP contribution in [0.4, 0.5) is 0 Å². The summed E-state index contributed by atoms with van der Waals surface area (Å²) in [7, 11) is 1.94. The highest BCUT2D eigenvalue weighted by Gasteiger charge is 2.22. The Morgan fingerprint density at radius 1 is 1.37 bits per heavy atom. The van der Waals surface area contributed by atoms with Crippen molar-refractivity contribution in [3.8, 4) is 0 Å². The molecule has 2 heterocycles. The van der Waals surface area contributed by atoms with Gasteiger partial charge in [0.25, 0.3) is 0 Å². The lowest BCUT2D eigenvalue weighted by Gasteiger charge is -2.15. The van der Waals surface area contributed by atoms with E-state index in [2.05, 4.69) is 39.9 Å². The maximum Gasteiger partial charge on any atom is 0.0898 e. The van der Waals surface area contributed by atoms with Gasteiger partial charge >= 0.3 is 0 Å². The van der Waals surface area contributed by atoms with E-state index in [0.29, 0.717) is 0 Å². The molecule has 2 aromatic heterocycles. The molecule has 0 saturated carbocycles. The van der Waals surface area contributed by atoms with Crippen LogP contribution >= 0.6 is 11.5 Å². The van der Waals surface area contributed by atoms with E-state index in [0.717, 1.165) is 37.2 Å². The van der Waals surface area contributed by atoms with E-state index < -0.39 is 0 Å². The second-order valence-electron chi connectivity index (χ2n) is 4.64. The van der Waals surface area contributed by atoms with E-state index >= 15 is 0 Å². The molecule has 0 spiro atoms. The zero-order chi connectivity index (χ0) is 13.7. The number of aromatic nitrogens is 4. The third-order valence-corrected chi connectivity index (χ3v) is 3.79. The Morgan fingerprint density at radius 3 is 2.84 bits per heavy atom. The summed E-state index contributed by atoms with van der Waals surface area (Å²) in [5, 5.41) is 12.3. The third-order valence-electron chi connectivity index (χ3n) is 2.96. The molecule has 19 heavy (non-hydrogen) atoms. The van der Waals surface area contributed by atoms with Crippen molar-refractivity contribution in [1.29, 1.82) is 0 Å². The molecule has 2 aromatic rings. The van der Waals surface area contributed by atoms with Gasteiger partial charge in [0, 0.05) is 13.2 Å². The Balaban J connectivity index is 2.28. The largest absolute Gasteiger partial charge is 0.304 e. The maximum atomic E-state index is 4.53. The molecule has 0 aliphatic carbocycles. The van der Waals surface area contributed by atoms with E-state index in [1.165, 1.54) is 16.4 Å². The van der Waals surface area contributed by atoms with Crippen LogP contribution in [0.1, 0.15) is 49.0 Å². The highest BCUT2D eigenvalue weighted by atomic mass is 32.1. The average molecular weight is 279 g/mol. The molecule has 0 aromatic carbocycles. The third kappa shape index (κ3) is 3.39. The predicted octanol–water partition coefficient (Wildman–Crippen LogP) is 2.31. The number of rotatable bonds is 7. The van der Waals surface area contributed by atoms with Crippen molar-refractivity contribution in [3.63, 3.8) is 0 Å². The van der Waals surface area contributed by atoms with E-state index in [1.807, 2.05) is 17.9 Å². The molecule has 1 N–H and O–H groups in total. The van der Waals surface area contributed by atoms with Gasteiger partial charge in [0.05, 0.1) is 22.3 Å². The summed E-state index contributed by atoms with van der Waals surface area (Å²) in [6, 6.07) is 2.17. The highest BCUT2D eigenvalue weighted by molar-refractivity contribution is 7.05. The molecule has 2 rings (SSSR count). The smallest absolute Gasteiger partial charge is 0.0898 e. The van der Waals surface area contributed by atoms with Crippen molar-refractivity contribution in [2.75, 3.05) is 6.54 Å². The van der Waals surface area contributed by atoms with Gasteiger partial charge in [-0.3, -0.25) is 4.68 Å². The first-order valence-electron chi connectivity index (χ1n) is 6.80. The molecule has 1 unspecified atom stereocenters. The van der Waals surface area contributed by atoms with Gasteiger partial charge in [-0.05, 0) is 37.0 Å². The molecule has 0 amide bonds. The lowest BCUT2D eigenvalue weighted by molar-refractivity contribution is 0.576. The molecule has 0 radical (unpaired) electrons. The monoisotopic (exact) mass is 279 g/mol. The molecule has 104 valence electrons. The fourth-order valence-electron chi connectivity index (χ4n) is 2.05. The second-order valence-corrected chi connectivity index (χ2v) is 5.42. The van der Waals surface area contributed by atoms with Crippen LogP contribution in [0, 0.1) is 0 Å². The molecule has 0 aliphatic heterocycles. The number of nitrogens with zero attached hydrogens (tertiary/aromatic N) is 4. The summed E-state index contributed by atoms with van der Waals surface area (Å²) in [5.41, 5.74) is 2.14. The van der Waals surface area contributed by atoms with E-state index in [-0.39, 0.29) is 6.04 Å². The molecule has 0 bridgehead atoms. The van der Waals surface area contributed by atoms with Crippen LogP contribution in [-0.2, 0) is 13.5 Å². The van der Waals surface area contributed by atoms with Crippen molar-refractivity contribution < 1.29 is 0 Å². The van der Waals surface area contributed by atoms with Crippen LogP contribution in [0.2, 0.25) is 0 Å². The van der Waals surface area contributed by atoms with Crippen LogP contribution in [0.3, 0.4) is 0 Å². The Morgan fingerprint density at radius 2 is 2.21 bits per heavy atom. The fraction of sp³-hybridized carbons (Fsp3) is 0.615. The van der Waals surface area contributed by atoms with Crippen LogP contribution < -0.4 is 5.32 Å². The molecule has 6 heteroatoms. The fourth-order valence-corrected chi connectivity index (χ4v) is 2.84. The lowest BCUT2D eigenvalue weighted by atomic mass is 10.1. The minimum Gasteiger partial charge on any atom is -0.304 e. The van der Waals surface area contributed by atoms with Gasteiger partial charge in [0.1, 0.15) is 0 Å². The van der Waals surface area contributed by atoms with Gasteiger partial charge in [-0.15, -0.1) is 5.10 Å². The summed E-state index contributed by atoms with van der Waals surface area (Å²) >= 11 is 1.48. The van der Waals surface area contributed by atoms with Crippen LogP contribution in [0.5, 0.6) is 0 Å². The van der Waals surface area contributed by atoms with E-state index in [1.54, 1.807) is 0 Å². The summed E-state index contributed by atoms with van der Waals surface area (Å²) in [6.45, 7) is 5.30. The van der Waals surface area contributed by atoms with Gasteiger partial charge in [-0.25, -0.2) is 0 Å². The van der Waals surface area contributed by atoms with Gasteiger partial charge in [-0.1, -0.05) is 24.8 Å². The standard InChI is InChI=1S/C13H21N5S/c1-4-6-11-13(19-17-15-11)12(14-8-5-2)10-7-9-18(3)16-10/h7,9,12,14H,4-6,8H2,1-3H3. The molecule has 0 saturated heterocycles. The number of nitrogens with one attached hydrogen (secondary N) is 1. The van der Waals surface area contributed by atoms with Crippen molar-refractivity contribution in [1.82, 2.24) is 24.7 Å². The lowest BCUT2D eigenvalue weighted by Crippen LogP contribution is -2.24. The Bertz CT molecular complexity index is 505.